The van der Waals surface area contributed by atoms with Crippen molar-refractivity contribution in [2.45, 2.75) is 149 Å². The van der Waals surface area contributed by atoms with Crippen molar-refractivity contribution in [2.24, 2.45) is 5.73 Å². The first-order valence-corrected chi connectivity index (χ1v) is 16.4. The van der Waals surface area contributed by atoms with Crippen LogP contribution >= 0.6 is 0 Å². The zero-order chi connectivity index (χ0) is 26.4. The first kappa shape index (κ1) is 35.8. The first-order chi connectivity index (χ1) is 17.7. The van der Waals surface area contributed by atoms with Crippen LogP contribution in [0.4, 0.5) is 0 Å². The van der Waals surface area contributed by atoms with E-state index in [4.69, 9.17) is 15.2 Å². The highest BCUT2D eigenvalue weighted by Gasteiger charge is 2.20. The lowest BCUT2D eigenvalue weighted by Crippen LogP contribution is -2.49. The number of nitrogens with zero attached hydrogens (tertiary/aromatic N) is 1. The maximum Gasteiger partial charge on any atom is 0.102 e. The molecule has 4 nitrogen and oxygen atoms in total. The van der Waals surface area contributed by atoms with Gasteiger partial charge in [0.05, 0.1) is 26.8 Å². The Hall–Kier alpha value is -0.160. The van der Waals surface area contributed by atoms with Crippen LogP contribution in [0.1, 0.15) is 149 Å². The fraction of sp³-hybridized carbons (Fsp3) is 1.00. The summed E-state index contributed by atoms with van der Waals surface area (Å²) in [6.07, 6.45) is 28.6. The van der Waals surface area contributed by atoms with Crippen molar-refractivity contribution in [1.29, 1.82) is 0 Å². The molecule has 0 spiro atoms. The summed E-state index contributed by atoms with van der Waals surface area (Å²) in [5.41, 5.74) is 5.81. The Labute approximate surface area is 228 Å². The topological polar surface area (TPSA) is 44.5 Å². The lowest BCUT2D eigenvalue weighted by atomic mass is 10.1. The maximum atomic E-state index is 6.01. The summed E-state index contributed by atoms with van der Waals surface area (Å²) in [4.78, 5) is 0. The molecule has 0 rings (SSSR count). The van der Waals surface area contributed by atoms with Gasteiger partial charge < -0.3 is 19.7 Å². The van der Waals surface area contributed by atoms with Crippen LogP contribution in [-0.2, 0) is 9.47 Å². The molecule has 0 radical (unpaired) electrons. The van der Waals surface area contributed by atoms with E-state index in [0.29, 0.717) is 0 Å². The standard InChI is InChI=1S/C32H69N2O2/c1-4-6-8-10-12-14-16-18-20-22-29-35-31-27-34(3,26-24-25-33)28-32-36-30-23-21-19-17-15-13-11-9-7-5-2/h4-33H2,1-3H3/q+1. The number of quaternary nitrogens is 1. The monoisotopic (exact) mass is 514 g/mol. The second kappa shape index (κ2) is 29.4. The fourth-order valence-corrected chi connectivity index (χ4v) is 4.97. The number of nitrogens with two attached hydrogens (primary N) is 1. The first-order valence-electron chi connectivity index (χ1n) is 16.4. The highest BCUT2D eigenvalue weighted by atomic mass is 16.5. The lowest BCUT2D eigenvalue weighted by Gasteiger charge is -2.34. The molecule has 0 saturated heterocycles. The normalized spacial score (nSPS) is 12.0. The van der Waals surface area contributed by atoms with Gasteiger partial charge in [-0.25, -0.2) is 0 Å². The minimum absolute atomic E-state index is 0.771. The summed E-state index contributed by atoms with van der Waals surface area (Å²) in [6.45, 7) is 12.2. The summed E-state index contributed by atoms with van der Waals surface area (Å²) in [5, 5.41) is 0. The molecule has 0 atom stereocenters. The van der Waals surface area contributed by atoms with Gasteiger partial charge in [-0.15, -0.1) is 0 Å². The molecular weight excluding hydrogens is 444 g/mol. The molecule has 0 unspecified atom stereocenters. The van der Waals surface area contributed by atoms with Crippen molar-refractivity contribution in [2.75, 3.05) is 59.7 Å². The smallest absolute Gasteiger partial charge is 0.102 e. The van der Waals surface area contributed by atoms with Crippen LogP contribution in [0.15, 0.2) is 0 Å². The highest BCUT2D eigenvalue weighted by molar-refractivity contribution is 4.50. The molecule has 0 bridgehead atoms. The van der Waals surface area contributed by atoms with E-state index in [-0.39, 0.29) is 0 Å². The van der Waals surface area contributed by atoms with Crippen molar-refractivity contribution in [1.82, 2.24) is 0 Å². The Morgan fingerprint density at radius 3 is 1.08 bits per heavy atom. The minimum atomic E-state index is 0.771. The van der Waals surface area contributed by atoms with Gasteiger partial charge >= 0.3 is 0 Å². The fourth-order valence-electron chi connectivity index (χ4n) is 4.97. The molecule has 0 saturated carbocycles. The molecule has 0 aromatic heterocycles. The summed E-state index contributed by atoms with van der Waals surface area (Å²) in [5.74, 6) is 0. The van der Waals surface area contributed by atoms with Crippen LogP contribution in [0.25, 0.3) is 0 Å². The Kier molecular flexibility index (Phi) is 29.3. The van der Waals surface area contributed by atoms with Crippen LogP contribution in [0.2, 0.25) is 0 Å². The number of likely N-dealkylation sites (N-methyl/N-ethyl adjacent to an activating group) is 1. The van der Waals surface area contributed by atoms with Crippen molar-refractivity contribution in [3.63, 3.8) is 0 Å². The van der Waals surface area contributed by atoms with Crippen molar-refractivity contribution < 1.29 is 14.0 Å². The summed E-state index contributed by atoms with van der Waals surface area (Å²) < 4.78 is 13.0. The van der Waals surface area contributed by atoms with Crippen molar-refractivity contribution >= 4 is 0 Å². The van der Waals surface area contributed by atoms with E-state index in [1.54, 1.807) is 0 Å². The average molecular weight is 514 g/mol. The van der Waals surface area contributed by atoms with Crippen LogP contribution in [0.5, 0.6) is 0 Å². The number of hydrogen-bond acceptors (Lipinski definition) is 3. The molecule has 0 aliphatic heterocycles. The highest BCUT2D eigenvalue weighted by Crippen LogP contribution is 2.12. The van der Waals surface area contributed by atoms with E-state index < -0.39 is 0 Å². The third-order valence-electron chi connectivity index (χ3n) is 7.74. The quantitative estimate of drug-likeness (QED) is 0.0745. The van der Waals surface area contributed by atoms with Gasteiger partial charge in [0.15, 0.2) is 0 Å². The number of unbranched alkanes of at least 4 members (excludes halogenated alkanes) is 18. The Morgan fingerprint density at radius 1 is 0.417 bits per heavy atom. The van der Waals surface area contributed by atoms with E-state index in [9.17, 15) is 0 Å². The minimum Gasteiger partial charge on any atom is -0.376 e. The Balaban J connectivity index is 3.64. The van der Waals surface area contributed by atoms with E-state index in [2.05, 4.69) is 20.9 Å². The molecule has 0 aromatic carbocycles. The van der Waals surface area contributed by atoms with E-state index in [1.807, 2.05) is 0 Å². The van der Waals surface area contributed by atoms with Crippen LogP contribution in [0.3, 0.4) is 0 Å². The maximum absolute atomic E-state index is 6.01. The average Bonchev–Trinajstić information content (AvgIpc) is 2.88. The summed E-state index contributed by atoms with van der Waals surface area (Å²) in [6, 6.07) is 0. The molecule has 0 amide bonds. The van der Waals surface area contributed by atoms with Gasteiger partial charge in [0.25, 0.3) is 0 Å². The Morgan fingerprint density at radius 2 is 0.750 bits per heavy atom. The van der Waals surface area contributed by atoms with E-state index in [1.165, 1.54) is 128 Å². The van der Waals surface area contributed by atoms with E-state index >= 15 is 0 Å². The third kappa shape index (κ3) is 26.9. The van der Waals surface area contributed by atoms with Gasteiger partial charge in [0.2, 0.25) is 0 Å². The van der Waals surface area contributed by atoms with Crippen molar-refractivity contribution in [3.8, 4) is 0 Å². The zero-order valence-corrected chi connectivity index (χ0v) is 25.3. The predicted octanol–water partition coefficient (Wildman–Crippen LogP) is 8.66. The molecular formula is C32H69N2O2+. The molecule has 0 aromatic rings. The Bertz CT molecular complexity index is 376. The molecule has 2 N–H and O–H groups in total. The molecule has 4 heteroatoms. The van der Waals surface area contributed by atoms with Gasteiger partial charge in [0.1, 0.15) is 13.1 Å². The third-order valence-corrected chi connectivity index (χ3v) is 7.74. The van der Waals surface area contributed by atoms with Gasteiger partial charge in [-0.3, -0.25) is 0 Å². The largest absolute Gasteiger partial charge is 0.376 e. The number of rotatable bonds is 31. The number of ether oxygens (including phenoxy) is 2. The lowest BCUT2D eigenvalue weighted by molar-refractivity contribution is -0.910. The number of hydrogen-bond donors (Lipinski definition) is 1. The van der Waals surface area contributed by atoms with Crippen LogP contribution in [0, 0.1) is 0 Å². The molecule has 0 heterocycles. The summed E-state index contributed by atoms with van der Waals surface area (Å²) >= 11 is 0. The molecule has 36 heavy (non-hydrogen) atoms. The van der Waals surface area contributed by atoms with Crippen LogP contribution in [-0.4, -0.2) is 64.1 Å². The van der Waals surface area contributed by atoms with Gasteiger partial charge in [-0.2, -0.15) is 0 Å². The van der Waals surface area contributed by atoms with Crippen molar-refractivity contribution in [3.05, 3.63) is 0 Å². The molecule has 0 aliphatic rings. The van der Waals surface area contributed by atoms with Gasteiger partial charge in [0, 0.05) is 19.6 Å². The molecule has 0 fully saturated rings. The zero-order valence-electron chi connectivity index (χ0n) is 25.3. The molecule has 218 valence electrons. The second-order valence-corrected chi connectivity index (χ2v) is 11.5. The molecule has 0 aliphatic carbocycles. The van der Waals surface area contributed by atoms with Gasteiger partial charge in [-0.05, 0) is 19.4 Å². The SMILES string of the molecule is CCCCCCCCCCCCOCC[N+](C)(CCCN)CCOCCCCCCCCCCCC. The predicted molar refractivity (Wildman–Crippen MR) is 160 cm³/mol. The second-order valence-electron chi connectivity index (χ2n) is 11.5. The van der Waals surface area contributed by atoms with Crippen LogP contribution < -0.4 is 5.73 Å². The summed E-state index contributed by atoms with van der Waals surface area (Å²) in [7, 11) is 2.35. The van der Waals surface area contributed by atoms with E-state index in [0.717, 1.165) is 63.5 Å². The van der Waals surface area contributed by atoms with Gasteiger partial charge in [-0.1, -0.05) is 129 Å².